The van der Waals surface area contributed by atoms with Crippen LogP contribution in [0.4, 0.5) is 0 Å². The molecule has 0 bridgehead atoms. The Balaban J connectivity index is 2.09. The molecular formula is C6H6O2. The zero-order valence-corrected chi connectivity index (χ0v) is 4.24. The molecule has 2 aliphatic carbocycles. The van der Waals surface area contributed by atoms with Gasteiger partial charge in [-0.15, -0.1) is 0 Å². The van der Waals surface area contributed by atoms with Gasteiger partial charge in [0.05, 0.1) is 5.92 Å². The van der Waals surface area contributed by atoms with Crippen molar-refractivity contribution in [3.8, 4) is 0 Å². The third-order valence-electron chi connectivity index (χ3n) is 1.97. The predicted molar refractivity (Wildman–Crippen MR) is 27.2 cm³/mol. The third-order valence-corrected chi connectivity index (χ3v) is 1.97. The average Bonchev–Trinajstić information content (AvgIpc) is 2.07. The second-order valence-electron chi connectivity index (χ2n) is 2.40. The van der Waals surface area contributed by atoms with Gasteiger partial charge in [-0.25, -0.2) is 0 Å². The number of carbonyl (C=O) groups is 1. The van der Waals surface area contributed by atoms with E-state index in [0.717, 1.165) is 0 Å². The summed E-state index contributed by atoms with van der Waals surface area (Å²) in [4.78, 5) is 10.2. The monoisotopic (exact) mass is 110 g/mol. The largest absolute Gasteiger partial charge is 0.481 e. The number of carboxylic acid groups (broad SMARTS) is 1. The lowest BCUT2D eigenvalue weighted by molar-refractivity contribution is -0.138. The van der Waals surface area contributed by atoms with E-state index in [2.05, 4.69) is 0 Å². The van der Waals surface area contributed by atoms with Gasteiger partial charge in [0.2, 0.25) is 0 Å². The van der Waals surface area contributed by atoms with Crippen LogP contribution in [0.3, 0.4) is 0 Å². The molecule has 0 heterocycles. The fourth-order valence-electron chi connectivity index (χ4n) is 1.30. The van der Waals surface area contributed by atoms with Gasteiger partial charge < -0.3 is 5.11 Å². The smallest absolute Gasteiger partial charge is 0.307 e. The zero-order valence-electron chi connectivity index (χ0n) is 4.24. The highest BCUT2D eigenvalue weighted by atomic mass is 16.4. The van der Waals surface area contributed by atoms with Crippen LogP contribution in [0, 0.1) is 17.8 Å². The van der Waals surface area contributed by atoms with Crippen LogP contribution in [0.15, 0.2) is 12.2 Å². The molecule has 42 valence electrons. The van der Waals surface area contributed by atoms with E-state index in [-0.39, 0.29) is 5.92 Å². The molecule has 2 rings (SSSR count). The van der Waals surface area contributed by atoms with E-state index in [9.17, 15) is 4.79 Å². The summed E-state index contributed by atoms with van der Waals surface area (Å²) in [5.74, 6) is 0.139. The van der Waals surface area contributed by atoms with Crippen LogP contribution in [0.5, 0.6) is 0 Å². The number of allylic oxidation sites excluding steroid dienone is 2. The summed E-state index contributed by atoms with van der Waals surface area (Å²) in [6, 6.07) is 0. The van der Waals surface area contributed by atoms with Crippen molar-refractivity contribution in [1.82, 2.24) is 0 Å². The molecule has 0 aliphatic heterocycles. The van der Waals surface area contributed by atoms with Crippen molar-refractivity contribution in [2.45, 2.75) is 0 Å². The van der Waals surface area contributed by atoms with Crippen LogP contribution in [-0.2, 0) is 4.79 Å². The molecule has 0 saturated heterocycles. The third kappa shape index (κ3) is 0.278. The molecule has 0 amide bonds. The quantitative estimate of drug-likeness (QED) is 0.499. The number of aliphatic carboxylic acids is 1. The first-order valence-electron chi connectivity index (χ1n) is 2.72. The summed E-state index contributed by atoms with van der Waals surface area (Å²) >= 11 is 0. The van der Waals surface area contributed by atoms with Crippen molar-refractivity contribution >= 4 is 5.97 Å². The van der Waals surface area contributed by atoms with Gasteiger partial charge in [-0.05, 0) is 11.8 Å². The summed E-state index contributed by atoms with van der Waals surface area (Å²) in [6.07, 6.45) is 3.95. The van der Waals surface area contributed by atoms with Crippen molar-refractivity contribution in [3.05, 3.63) is 12.2 Å². The van der Waals surface area contributed by atoms with Crippen LogP contribution in [0.1, 0.15) is 0 Å². The Kier molecular flexibility index (Phi) is 0.498. The van der Waals surface area contributed by atoms with Gasteiger partial charge >= 0.3 is 5.97 Å². The van der Waals surface area contributed by atoms with E-state index in [1.807, 2.05) is 12.2 Å². The molecule has 8 heavy (non-hydrogen) atoms. The number of hydrogen-bond donors (Lipinski definition) is 1. The Bertz CT molecular complexity index is 159. The second kappa shape index (κ2) is 0.966. The molecule has 0 unspecified atom stereocenters. The average molecular weight is 110 g/mol. The highest BCUT2D eigenvalue weighted by Crippen LogP contribution is 2.55. The Morgan fingerprint density at radius 1 is 1.38 bits per heavy atom. The number of hydrogen-bond acceptors (Lipinski definition) is 1. The van der Waals surface area contributed by atoms with Crippen molar-refractivity contribution in [2.24, 2.45) is 17.8 Å². The molecule has 0 aromatic heterocycles. The van der Waals surface area contributed by atoms with Gasteiger partial charge in [0.25, 0.3) is 0 Å². The fraction of sp³-hybridized carbons (Fsp3) is 0.500. The lowest BCUT2D eigenvalue weighted by Gasteiger charge is -1.90. The van der Waals surface area contributed by atoms with Crippen molar-refractivity contribution in [2.75, 3.05) is 0 Å². The summed E-state index contributed by atoms with van der Waals surface area (Å²) in [5.41, 5.74) is 0. The molecule has 1 N–H and O–H groups in total. The highest BCUT2D eigenvalue weighted by Gasteiger charge is 2.56. The van der Waals surface area contributed by atoms with Crippen LogP contribution in [0.25, 0.3) is 0 Å². The van der Waals surface area contributed by atoms with E-state index < -0.39 is 5.97 Å². The lowest BCUT2D eigenvalue weighted by atomic mass is 10.1. The second-order valence-corrected chi connectivity index (χ2v) is 2.40. The first kappa shape index (κ1) is 4.13. The van der Waals surface area contributed by atoms with Crippen LogP contribution in [0.2, 0.25) is 0 Å². The molecule has 2 aliphatic rings. The Morgan fingerprint density at radius 3 is 2.00 bits per heavy atom. The topological polar surface area (TPSA) is 37.3 Å². The molecule has 1 fully saturated rings. The molecule has 2 atom stereocenters. The minimum Gasteiger partial charge on any atom is -0.481 e. The summed E-state index contributed by atoms with van der Waals surface area (Å²) in [5, 5.41) is 8.39. The van der Waals surface area contributed by atoms with Gasteiger partial charge in [-0.3, -0.25) is 4.79 Å². The summed E-state index contributed by atoms with van der Waals surface area (Å²) in [7, 11) is 0. The zero-order chi connectivity index (χ0) is 5.72. The molecule has 2 nitrogen and oxygen atoms in total. The first-order chi connectivity index (χ1) is 3.80. The maximum Gasteiger partial charge on any atom is 0.307 e. The maximum atomic E-state index is 10.2. The van der Waals surface area contributed by atoms with Gasteiger partial charge in [0.15, 0.2) is 0 Å². The number of fused-ring (bicyclic) bond motifs is 1. The molecule has 0 aromatic rings. The molecule has 2 heteroatoms. The molecule has 0 spiro atoms. The van der Waals surface area contributed by atoms with E-state index in [1.165, 1.54) is 0 Å². The minimum atomic E-state index is -0.634. The predicted octanol–water partition coefficient (Wildman–Crippen LogP) is 0.503. The van der Waals surface area contributed by atoms with E-state index in [0.29, 0.717) is 11.8 Å². The first-order valence-corrected chi connectivity index (χ1v) is 2.72. The fourth-order valence-corrected chi connectivity index (χ4v) is 1.30. The minimum absolute atomic E-state index is 0.0463. The van der Waals surface area contributed by atoms with Crippen molar-refractivity contribution in [1.29, 1.82) is 0 Å². The van der Waals surface area contributed by atoms with Crippen LogP contribution in [-0.4, -0.2) is 11.1 Å². The number of rotatable bonds is 1. The summed E-state index contributed by atoms with van der Waals surface area (Å²) < 4.78 is 0. The van der Waals surface area contributed by atoms with Crippen LogP contribution >= 0.6 is 0 Å². The molecular weight excluding hydrogens is 104 g/mol. The lowest BCUT2D eigenvalue weighted by Crippen LogP contribution is -1.97. The van der Waals surface area contributed by atoms with Gasteiger partial charge in [-0.1, -0.05) is 12.2 Å². The van der Waals surface area contributed by atoms with Crippen LogP contribution < -0.4 is 0 Å². The highest BCUT2D eigenvalue weighted by molar-refractivity contribution is 5.77. The van der Waals surface area contributed by atoms with Gasteiger partial charge in [0.1, 0.15) is 0 Å². The molecule has 1 saturated carbocycles. The number of carboxylic acids is 1. The Hall–Kier alpha value is -0.790. The Labute approximate surface area is 46.8 Å². The van der Waals surface area contributed by atoms with Crippen molar-refractivity contribution in [3.63, 3.8) is 0 Å². The van der Waals surface area contributed by atoms with Crippen molar-refractivity contribution < 1.29 is 9.90 Å². The standard InChI is InChI=1S/C6H6O2/c7-6(8)5-3-1-2-4(3)5/h1-5H,(H,7,8)/t3-,4-/m1/s1. The van der Waals surface area contributed by atoms with E-state index >= 15 is 0 Å². The SMILES string of the molecule is O=C(O)C1[C@@H]2C=C[C@@H]12. The maximum absolute atomic E-state index is 10.2. The Morgan fingerprint density at radius 2 is 1.88 bits per heavy atom. The molecule has 0 aromatic carbocycles. The van der Waals surface area contributed by atoms with Gasteiger partial charge in [0, 0.05) is 0 Å². The normalized spacial score (nSPS) is 47.2. The molecule has 0 radical (unpaired) electrons. The summed E-state index contributed by atoms with van der Waals surface area (Å²) in [6.45, 7) is 0. The van der Waals surface area contributed by atoms with E-state index in [4.69, 9.17) is 5.11 Å². The van der Waals surface area contributed by atoms with Gasteiger partial charge in [-0.2, -0.15) is 0 Å². The van der Waals surface area contributed by atoms with E-state index in [1.54, 1.807) is 0 Å².